The quantitative estimate of drug-likeness (QED) is 0.550. The largest absolute Gasteiger partial charge is 0.497 e. The van der Waals surface area contributed by atoms with E-state index in [1.54, 1.807) is 56.5 Å². The number of nitrogens with zero attached hydrogens (tertiary/aromatic N) is 1. The number of halogens is 2. The lowest BCUT2D eigenvalue weighted by Crippen LogP contribution is -2.50. The lowest BCUT2D eigenvalue weighted by molar-refractivity contribution is -0.142. The molecule has 2 aromatic carbocycles. The highest BCUT2D eigenvalue weighted by atomic mass is 35.5. The summed E-state index contributed by atoms with van der Waals surface area (Å²) in [5.41, 5.74) is 0.760. The van der Waals surface area contributed by atoms with Crippen LogP contribution in [0.1, 0.15) is 32.8 Å². The summed E-state index contributed by atoms with van der Waals surface area (Å²) < 4.78 is 10.8. The fourth-order valence-corrected chi connectivity index (χ4v) is 3.10. The Bertz CT molecular complexity index is 890. The van der Waals surface area contributed by atoms with E-state index < -0.39 is 6.04 Å². The van der Waals surface area contributed by atoms with E-state index in [9.17, 15) is 9.59 Å². The molecular weight excluding hydrogens is 439 g/mol. The third kappa shape index (κ3) is 7.33. The second-order valence-corrected chi connectivity index (χ2v) is 8.04. The molecule has 168 valence electrons. The number of rotatable bonds is 10. The lowest BCUT2D eigenvalue weighted by Gasteiger charge is -2.29. The van der Waals surface area contributed by atoms with Crippen molar-refractivity contribution in [2.24, 2.45) is 0 Å². The fourth-order valence-electron chi connectivity index (χ4n) is 2.78. The molecule has 0 aliphatic heterocycles. The van der Waals surface area contributed by atoms with Gasteiger partial charge in [0.1, 0.15) is 17.5 Å². The smallest absolute Gasteiger partial charge is 0.261 e. The Hall–Kier alpha value is -2.44. The van der Waals surface area contributed by atoms with Crippen LogP contribution in [0.5, 0.6) is 11.5 Å². The maximum atomic E-state index is 13.0. The van der Waals surface area contributed by atoms with Gasteiger partial charge in [-0.2, -0.15) is 0 Å². The fraction of sp³-hybridized carbons (Fsp3) is 0.391. The van der Waals surface area contributed by atoms with Crippen LogP contribution in [0.25, 0.3) is 0 Å². The molecular formula is C23H28Cl2N2O4. The van der Waals surface area contributed by atoms with E-state index in [2.05, 4.69) is 5.32 Å². The van der Waals surface area contributed by atoms with Gasteiger partial charge in [-0.15, -0.1) is 0 Å². The predicted molar refractivity (Wildman–Crippen MR) is 123 cm³/mol. The average Bonchev–Trinajstić information content (AvgIpc) is 2.77. The third-order valence-corrected chi connectivity index (χ3v) is 5.67. The first-order valence-corrected chi connectivity index (χ1v) is 10.8. The minimum absolute atomic E-state index is 0.00688. The standard InChI is InChI=1S/C23H28Cl2N2O4/c1-5-15(2)26-23(29)16(3)27(13-17-6-11-20(24)21(25)12-17)22(28)14-31-19-9-7-18(30-4)8-10-19/h6-12,15-16H,5,13-14H2,1-4H3,(H,26,29)/t15-,16+/m0/s1. The first-order valence-electron chi connectivity index (χ1n) is 10.1. The molecule has 0 heterocycles. The van der Waals surface area contributed by atoms with Crippen molar-refractivity contribution in [1.29, 1.82) is 0 Å². The van der Waals surface area contributed by atoms with Gasteiger partial charge >= 0.3 is 0 Å². The first kappa shape index (κ1) is 24.8. The molecule has 2 rings (SSSR count). The minimum atomic E-state index is -0.699. The van der Waals surface area contributed by atoms with Gasteiger partial charge in [-0.25, -0.2) is 0 Å². The Morgan fingerprint density at radius 3 is 2.26 bits per heavy atom. The van der Waals surface area contributed by atoms with E-state index in [1.807, 2.05) is 13.8 Å². The van der Waals surface area contributed by atoms with E-state index >= 15 is 0 Å². The average molecular weight is 467 g/mol. The van der Waals surface area contributed by atoms with Crippen LogP contribution < -0.4 is 14.8 Å². The summed E-state index contributed by atoms with van der Waals surface area (Å²) in [6.45, 7) is 5.57. The minimum Gasteiger partial charge on any atom is -0.497 e. The monoisotopic (exact) mass is 466 g/mol. The van der Waals surface area contributed by atoms with Gasteiger partial charge in [0.05, 0.1) is 17.2 Å². The molecule has 0 saturated carbocycles. The molecule has 0 saturated heterocycles. The van der Waals surface area contributed by atoms with Gasteiger partial charge in [0.15, 0.2) is 6.61 Å². The number of amides is 2. The van der Waals surface area contributed by atoms with Crippen LogP contribution in [0.2, 0.25) is 10.0 Å². The molecule has 0 aliphatic carbocycles. The molecule has 1 N–H and O–H groups in total. The molecule has 2 atom stereocenters. The van der Waals surface area contributed by atoms with Gasteiger partial charge in [0.2, 0.25) is 5.91 Å². The summed E-state index contributed by atoms with van der Waals surface area (Å²) in [4.78, 5) is 27.2. The maximum absolute atomic E-state index is 13.0. The van der Waals surface area contributed by atoms with Gasteiger partial charge < -0.3 is 19.7 Å². The van der Waals surface area contributed by atoms with Gasteiger partial charge in [0, 0.05) is 12.6 Å². The summed E-state index contributed by atoms with van der Waals surface area (Å²) in [6, 6.07) is 11.4. The van der Waals surface area contributed by atoms with Gasteiger partial charge in [-0.05, 0) is 62.2 Å². The summed E-state index contributed by atoms with van der Waals surface area (Å²) >= 11 is 12.1. The van der Waals surface area contributed by atoms with Crippen LogP contribution in [0.15, 0.2) is 42.5 Å². The number of hydrogen-bond acceptors (Lipinski definition) is 4. The summed E-state index contributed by atoms with van der Waals surface area (Å²) in [5, 5.41) is 3.73. The number of carbonyl (C=O) groups is 2. The zero-order chi connectivity index (χ0) is 23.0. The normalized spacial score (nSPS) is 12.6. The zero-order valence-corrected chi connectivity index (χ0v) is 19.7. The van der Waals surface area contributed by atoms with Gasteiger partial charge in [-0.3, -0.25) is 9.59 Å². The Morgan fingerprint density at radius 1 is 1.03 bits per heavy atom. The van der Waals surface area contributed by atoms with E-state index in [0.29, 0.717) is 21.5 Å². The Balaban J connectivity index is 2.16. The van der Waals surface area contributed by atoms with Gasteiger partial charge in [0.25, 0.3) is 5.91 Å². The summed E-state index contributed by atoms with van der Waals surface area (Å²) in [7, 11) is 1.58. The Labute approximate surface area is 193 Å². The molecule has 8 heteroatoms. The van der Waals surface area contributed by atoms with Crippen molar-refractivity contribution < 1.29 is 19.1 Å². The van der Waals surface area contributed by atoms with Crippen molar-refractivity contribution in [3.05, 3.63) is 58.1 Å². The molecule has 0 aliphatic rings. The Kier molecular flexibility index (Phi) is 9.46. The van der Waals surface area contributed by atoms with Crippen molar-refractivity contribution >= 4 is 35.0 Å². The van der Waals surface area contributed by atoms with Crippen molar-refractivity contribution in [1.82, 2.24) is 10.2 Å². The summed E-state index contributed by atoms with van der Waals surface area (Å²) in [6.07, 6.45) is 0.791. The topological polar surface area (TPSA) is 67.9 Å². The molecule has 2 aromatic rings. The van der Waals surface area contributed by atoms with Crippen LogP contribution in [0.4, 0.5) is 0 Å². The van der Waals surface area contributed by atoms with E-state index in [-0.39, 0.29) is 31.0 Å². The van der Waals surface area contributed by atoms with Crippen LogP contribution in [-0.2, 0) is 16.1 Å². The molecule has 31 heavy (non-hydrogen) atoms. The molecule has 2 amide bonds. The molecule has 0 fully saturated rings. The Morgan fingerprint density at radius 2 is 1.68 bits per heavy atom. The second-order valence-electron chi connectivity index (χ2n) is 7.23. The summed E-state index contributed by atoms with van der Waals surface area (Å²) in [5.74, 6) is 0.663. The molecule has 6 nitrogen and oxygen atoms in total. The number of ether oxygens (including phenoxy) is 2. The van der Waals surface area contributed by atoms with Crippen LogP contribution in [0, 0.1) is 0 Å². The zero-order valence-electron chi connectivity index (χ0n) is 18.2. The van der Waals surface area contributed by atoms with E-state index in [1.165, 1.54) is 4.90 Å². The maximum Gasteiger partial charge on any atom is 0.261 e. The van der Waals surface area contributed by atoms with Crippen LogP contribution in [0.3, 0.4) is 0 Å². The molecule has 0 radical (unpaired) electrons. The SMILES string of the molecule is CC[C@H](C)NC(=O)[C@@H](C)N(Cc1ccc(Cl)c(Cl)c1)C(=O)COc1ccc(OC)cc1. The number of nitrogens with one attached hydrogen (secondary N) is 1. The number of carbonyl (C=O) groups excluding carboxylic acids is 2. The number of hydrogen-bond donors (Lipinski definition) is 1. The highest BCUT2D eigenvalue weighted by molar-refractivity contribution is 6.42. The van der Waals surface area contributed by atoms with E-state index in [0.717, 1.165) is 12.0 Å². The third-order valence-electron chi connectivity index (χ3n) is 4.93. The molecule has 0 spiro atoms. The van der Waals surface area contributed by atoms with Crippen molar-refractivity contribution in [3.8, 4) is 11.5 Å². The van der Waals surface area contributed by atoms with Crippen molar-refractivity contribution in [2.45, 2.75) is 45.8 Å². The first-order chi connectivity index (χ1) is 14.7. The molecule has 0 aromatic heterocycles. The number of methoxy groups -OCH3 is 1. The van der Waals surface area contributed by atoms with Crippen LogP contribution >= 0.6 is 23.2 Å². The highest BCUT2D eigenvalue weighted by Crippen LogP contribution is 2.24. The van der Waals surface area contributed by atoms with Crippen LogP contribution in [-0.4, -0.2) is 42.5 Å². The van der Waals surface area contributed by atoms with Gasteiger partial charge in [-0.1, -0.05) is 36.2 Å². The van der Waals surface area contributed by atoms with Crippen molar-refractivity contribution in [2.75, 3.05) is 13.7 Å². The second kappa shape index (κ2) is 11.8. The van der Waals surface area contributed by atoms with E-state index in [4.69, 9.17) is 32.7 Å². The lowest BCUT2D eigenvalue weighted by atomic mass is 10.1. The molecule has 0 unspecified atom stereocenters. The predicted octanol–water partition coefficient (Wildman–Crippen LogP) is 4.71. The van der Waals surface area contributed by atoms with Crippen molar-refractivity contribution in [3.63, 3.8) is 0 Å². The highest BCUT2D eigenvalue weighted by Gasteiger charge is 2.27. The number of benzene rings is 2. The molecule has 0 bridgehead atoms.